The summed E-state index contributed by atoms with van der Waals surface area (Å²) >= 11 is 0. The summed E-state index contributed by atoms with van der Waals surface area (Å²) in [7, 11) is -4.33. The van der Waals surface area contributed by atoms with Crippen molar-refractivity contribution in [3.63, 3.8) is 0 Å². The van der Waals surface area contributed by atoms with E-state index in [1.165, 1.54) is 29.8 Å². The number of nitrogens with one attached hydrogen (secondary N) is 1. The molecule has 4 rings (SSSR count). The summed E-state index contributed by atoms with van der Waals surface area (Å²) in [6.45, 7) is 6.58. The number of carbonyl (C=O) groups excluding carboxylic acids is 2. The van der Waals surface area contributed by atoms with Crippen LogP contribution in [-0.2, 0) is 23.4 Å². The molecule has 0 spiro atoms. The van der Waals surface area contributed by atoms with E-state index in [1.54, 1.807) is 25.1 Å². The predicted octanol–water partition coefficient (Wildman–Crippen LogP) is 3.18. The number of aliphatic hydroxyl groups is 1. The van der Waals surface area contributed by atoms with Crippen LogP contribution in [0, 0.1) is 12.8 Å². The number of benzene rings is 1. The molecular formula is C28H38FN6O8P. The maximum atomic E-state index is 15.5. The molecule has 2 unspecified atom stereocenters. The van der Waals surface area contributed by atoms with Gasteiger partial charge in [-0.1, -0.05) is 44.9 Å². The van der Waals surface area contributed by atoms with Gasteiger partial charge < -0.3 is 35.1 Å². The number of hydrogen-bond acceptors (Lipinski definition) is 11. The van der Waals surface area contributed by atoms with E-state index in [9.17, 15) is 19.3 Å². The molecule has 16 heteroatoms. The normalized spacial score (nSPS) is 22.2. The minimum Gasteiger partial charge on any atom is -0.464 e. The summed E-state index contributed by atoms with van der Waals surface area (Å²) < 4.78 is 53.1. The van der Waals surface area contributed by atoms with Crippen LogP contribution >= 0.6 is 7.75 Å². The number of anilines is 1. The van der Waals surface area contributed by atoms with E-state index in [2.05, 4.69) is 15.1 Å². The number of nitrogens with zero attached hydrogens (tertiary/aromatic N) is 3. The van der Waals surface area contributed by atoms with Crippen molar-refractivity contribution in [1.82, 2.24) is 19.6 Å². The molecule has 240 valence electrons. The summed E-state index contributed by atoms with van der Waals surface area (Å²) in [4.78, 5) is 33.1. The second kappa shape index (κ2) is 14.0. The first kappa shape index (κ1) is 33.3. The Morgan fingerprint density at radius 3 is 2.55 bits per heavy atom. The van der Waals surface area contributed by atoms with Gasteiger partial charge in [0, 0.05) is 6.20 Å². The Morgan fingerprint density at radius 1 is 1.23 bits per heavy atom. The summed E-state index contributed by atoms with van der Waals surface area (Å²) in [6.07, 6.45) is -3.73. The largest absolute Gasteiger partial charge is 0.464 e. The number of ether oxygens (including phenoxy) is 2. The quantitative estimate of drug-likeness (QED) is 0.149. The molecule has 0 radical (unpaired) electrons. The summed E-state index contributed by atoms with van der Waals surface area (Å²) in [5, 5.41) is 13.4. The second-order valence-corrected chi connectivity index (χ2v) is 12.2. The second-order valence-electron chi connectivity index (χ2n) is 10.5. The fourth-order valence-electron chi connectivity index (χ4n) is 4.76. The predicted molar refractivity (Wildman–Crippen MR) is 158 cm³/mol. The molecule has 1 amide bonds. The molecule has 3 heterocycles. The minimum absolute atomic E-state index is 0.0356. The van der Waals surface area contributed by atoms with Gasteiger partial charge in [-0.2, -0.15) is 5.09 Å². The standard InChI is InChI=1S/C28H38FN6O8P/c1-5-17(6-2)13-40-28(38)15(3)34-44(39,43-18-10-8-7-9-11-18)41-14-20-23(36)22(29)27(42-20)35-12-19(25(31)37)21-24(30)32-16(4)33-26(21)35/h7-12,15,17,20,22-23,27,36H,5-6,13-14H2,1-4H3,(H2,31,37)(H,34,39)(H2,30,32,33)/t15-,20+,22+,23?,27+,44?/m0/s1. The zero-order valence-corrected chi connectivity index (χ0v) is 25.8. The topological polar surface area (TPSA) is 203 Å². The average Bonchev–Trinajstić information content (AvgIpc) is 3.50. The fourth-order valence-corrected chi connectivity index (χ4v) is 6.26. The monoisotopic (exact) mass is 636 g/mol. The molecule has 2 aromatic heterocycles. The number of fused-ring (bicyclic) bond motifs is 1. The molecule has 3 aromatic rings. The van der Waals surface area contributed by atoms with Crippen LogP contribution in [0.5, 0.6) is 5.75 Å². The summed E-state index contributed by atoms with van der Waals surface area (Å²) in [5.74, 6) is -0.955. The van der Waals surface area contributed by atoms with E-state index in [4.69, 9.17) is 30.0 Å². The highest BCUT2D eigenvalue weighted by atomic mass is 31.2. The molecule has 0 bridgehead atoms. The number of aliphatic hydroxyl groups excluding tert-OH is 1. The molecule has 44 heavy (non-hydrogen) atoms. The zero-order chi connectivity index (χ0) is 32.2. The Hall–Kier alpha value is -3.62. The average molecular weight is 637 g/mol. The van der Waals surface area contributed by atoms with E-state index in [1.807, 2.05) is 13.8 Å². The first-order valence-electron chi connectivity index (χ1n) is 14.2. The molecule has 0 saturated carbocycles. The number of aromatic nitrogens is 3. The van der Waals surface area contributed by atoms with E-state index >= 15 is 4.39 Å². The lowest BCUT2D eigenvalue weighted by atomic mass is 10.1. The number of carbonyl (C=O) groups is 2. The third kappa shape index (κ3) is 7.36. The first-order valence-corrected chi connectivity index (χ1v) is 15.8. The Balaban J connectivity index is 1.53. The number of hydrogen-bond donors (Lipinski definition) is 4. The molecule has 0 aliphatic carbocycles. The van der Waals surface area contributed by atoms with Gasteiger partial charge in [-0.05, 0) is 31.9 Å². The van der Waals surface area contributed by atoms with Crippen molar-refractivity contribution >= 4 is 36.5 Å². The molecule has 6 atom stereocenters. The fraction of sp³-hybridized carbons (Fsp3) is 0.500. The Kier molecular flexibility index (Phi) is 10.6. The van der Waals surface area contributed by atoms with Crippen molar-refractivity contribution in [2.45, 2.75) is 71.2 Å². The van der Waals surface area contributed by atoms with Crippen LogP contribution in [0.3, 0.4) is 0 Å². The number of primary amides is 1. The van der Waals surface area contributed by atoms with Crippen molar-refractivity contribution in [1.29, 1.82) is 0 Å². The van der Waals surface area contributed by atoms with Gasteiger partial charge >= 0.3 is 13.7 Å². The number of esters is 1. The Labute approximate surface area is 253 Å². The van der Waals surface area contributed by atoms with Crippen molar-refractivity contribution in [3.05, 3.63) is 47.9 Å². The van der Waals surface area contributed by atoms with Crippen LogP contribution in [-0.4, -0.2) is 69.2 Å². The number of para-hydroxylation sites is 1. The molecular weight excluding hydrogens is 598 g/mol. The van der Waals surface area contributed by atoms with Crippen LogP contribution in [0.2, 0.25) is 0 Å². The maximum absolute atomic E-state index is 15.5. The first-order chi connectivity index (χ1) is 20.9. The molecule has 14 nitrogen and oxygen atoms in total. The van der Waals surface area contributed by atoms with Gasteiger partial charge in [0.25, 0.3) is 5.91 Å². The Morgan fingerprint density at radius 2 is 1.91 bits per heavy atom. The van der Waals surface area contributed by atoms with E-state index < -0.39 is 56.9 Å². The highest BCUT2D eigenvalue weighted by Gasteiger charge is 2.47. The van der Waals surface area contributed by atoms with Crippen molar-refractivity contribution < 1.29 is 42.2 Å². The van der Waals surface area contributed by atoms with Crippen LogP contribution in [0.1, 0.15) is 56.0 Å². The summed E-state index contributed by atoms with van der Waals surface area (Å²) in [6, 6.07) is 6.98. The van der Waals surface area contributed by atoms with Gasteiger partial charge in [-0.3, -0.25) is 14.1 Å². The number of nitrogen functional groups attached to an aromatic ring is 1. The van der Waals surface area contributed by atoms with Gasteiger partial charge in [-0.15, -0.1) is 0 Å². The molecule has 1 aliphatic heterocycles. The van der Waals surface area contributed by atoms with Crippen LogP contribution in [0.15, 0.2) is 36.5 Å². The lowest BCUT2D eigenvalue weighted by Gasteiger charge is -2.25. The maximum Gasteiger partial charge on any atom is 0.459 e. The van der Waals surface area contributed by atoms with Gasteiger partial charge in [0.2, 0.25) is 0 Å². The van der Waals surface area contributed by atoms with E-state index in [0.29, 0.717) is 0 Å². The number of nitrogens with two attached hydrogens (primary N) is 2. The molecule has 6 N–H and O–H groups in total. The van der Waals surface area contributed by atoms with Crippen molar-refractivity contribution in [2.75, 3.05) is 18.9 Å². The van der Waals surface area contributed by atoms with Gasteiger partial charge in [-0.25, -0.2) is 18.9 Å². The number of halogens is 1. The minimum atomic E-state index is -4.33. The molecule has 1 aromatic carbocycles. The number of alkyl halides is 1. The third-order valence-corrected chi connectivity index (χ3v) is 8.99. The van der Waals surface area contributed by atoms with Crippen molar-refractivity contribution in [2.24, 2.45) is 11.7 Å². The zero-order valence-electron chi connectivity index (χ0n) is 24.9. The van der Waals surface area contributed by atoms with E-state index in [-0.39, 0.29) is 46.5 Å². The number of aryl methyl sites for hydroxylation is 1. The lowest BCUT2D eigenvalue weighted by molar-refractivity contribution is -0.146. The van der Waals surface area contributed by atoms with Gasteiger partial charge in [0.15, 0.2) is 12.4 Å². The number of rotatable bonds is 14. The van der Waals surface area contributed by atoms with E-state index in [0.717, 1.165) is 12.8 Å². The van der Waals surface area contributed by atoms with Gasteiger partial charge in [0.05, 0.1) is 24.2 Å². The van der Waals surface area contributed by atoms with Crippen LogP contribution < -0.4 is 21.1 Å². The Bertz CT molecular complexity index is 1520. The third-order valence-electron chi connectivity index (χ3n) is 7.34. The SMILES string of the molecule is CCC(CC)COC(=O)[C@H](C)NP(=O)(OC[C@H]1O[C@@H](n2cc(C(N)=O)c3c(N)nc(C)nc32)[C@H](F)C1O)Oc1ccccc1. The van der Waals surface area contributed by atoms with Gasteiger partial charge in [0.1, 0.15) is 41.3 Å². The smallest absolute Gasteiger partial charge is 0.459 e. The lowest BCUT2D eigenvalue weighted by Crippen LogP contribution is -2.37. The highest BCUT2D eigenvalue weighted by Crippen LogP contribution is 2.46. The number of amides is 1. The molecule has 1 fully saturated rings. The molecule has 1 saturated heterocycles. The summed E-state index contributed by atoms with van der Waals surface area (Å²) in [5.41, 5.74) is 11.5. The van der Waals surface area contributed by atoms with Crippen LogP contribution in [0.4, 0.5) is 10.2 Å². The molecule has 1 aliphatic rings. The van der Waals surface area contributed by atoms with Crippen LogP contribution in [0.25, 0.3) is 11.0 Å². The highest BCUT2D eigenvalue weighted by molar-refractivity contribution is 7.52. The van der Waals surface area contributed by atoms with Crippen molar-refractivity contribution in [3.8, 4) is 5.75 Å².